The molecule has 0 aromatic heterocycles. The molecule has 0 saturated carbocycles. The molecule has 160 valence electrons. The molecule has 1 saturated heterocycles. The number of piperazine rings is 1. The number of likely N-dealkylation sites (N-methyl/N-ethyl adjacent to an activating group) is 1. The van der Waals surface area contributed by atoms with Gasteiger partial charge in [-0.1, -0.05) is 18.2 Å². The lowest BCUT2D eigenvalue weighted by molar-refractivity contribution is -0.122. The molecule has 1 atom stereocenters. The number of methoxy groups -OCH3 is 1. The number of amides is 1. The number of ether oxygens (including phenoxy) is 2. The van der Waals surface area contributed by atoms with Crippen LogP contribution in [-0.4, -0.2) is 69.3 Å². The van der Waals surface area contributed by atoms with E-state index in [0.717, 1.165) is 60.1 Å². The van der Waals surface area contributed by atoms with E-state index in [1.807, 2.05) is 30.0 Å². The molecule has 0 bridgehead atoms. The molecule has 0 radical (unpaired) electrons. The topological polar surface area (TPSA) is 45.3 Å². The van der Waals surface area contributed by atoms with E-state index < -0.39 is 5.41 Å². The van der Waals surface area contributed by atoms with Crippen LogP contribution in [0, 0.1) is 6.92 Å². The largest absolute Gasteiger partial charge is 1.00 e. The van der Waals surface area contributed by atoms with Crippen molar-refractivity contribution in [2.75, 3.05) is 58.5 Å². The summed E-state index contributed by atoms with van der Waals surface area (Å²) in [7, 11) is 3.80. The van der Waals surface area contributed by atoms with Crippen LogP contribution in [0.3, 0.4) is 0 Å². The molecule has 5 rings (SSSR count). The van der Waals surface area contributed by atoms with Crippen molar-refractivity contribution >= 4 is 11.6 Å². The maximum Gasteiger partial charge on any atom is 1.00 e. The third kappa shape index (κ3) is 2.97. The van der Waals surface area contributed by atoms with Crippen LogP contribution in [0.1, 0.15) is 18.1 Å². The summed E-state index contributed by atoms with van der Waals surface area (Å²) in [6.07, 6.45) is 0. The van der Waals surface area contributed by atoms with Gasteiger partial charge in [-0.2, -0.15) is 0 Å². The Hall–Kier alpha value is -2.28. The molecule has 1 amide bonds. The molecule has 7 heteroatoms. The quantitative estimate of drug-likeness (QED) is 0.649. The van der Waals surface area contributed by atoms with Crippen LogP contribution in [0.5, 0.6) is 11.5 Å². The number of halogens is 1. The number of para-hydroxylation sites is 1. The standard InChI is InChI=1S/C23H27N3O3.ClH/c1-16-12-18-21(13-20(16)28-3)29-14-23(18)17-6-4-5-7-19(17)26(22(23)27)15-25-10-8-24(2)9-11-25;/h4-7,12-13H,8-11,14-15H2,1-3H3;1H/t23-;/m1./s1. The van der Waals surface area contributed by atoms with Crippen molar-refractivity contribution in [1.82, 2.24) is 9.80 Å². The van der Waals surface area contributed by atoms with Crippen molar-refractivity contribution in [3.05, 3.63) is 53.1 Å². The summed E-state index contributed by atoms with van der Waals surface area (Å²) < 4.78 is 11.5. The highest BCUT2D eigenvalue weighted by Gasteiger charge is 2.57. The van der Waals surface area contributed by atoms with E-state index in [1.54, 1.807) is 7.11 Å². The third-order valence-corrected chi connectivity index (χ3v) is 6.60. The number of carbonyl (C=O) groups excluding carboxylic acids is 1. The fourth-order valence-electron chi connectivity index (χ4n) is 4.86. The van der Waals surface area contributed by atoms with Gasteiger partial charge >= 0.3 is 1.43 Å². The van der Waals surface area contributed by atoms with Gasteiger partial charge in [-0.15, -0.1) is 0 Å². The molecule has 3 aliphatic rings. The van der Waals surface area contributed by atoms with Crippen LogP contribution < -0.4 is 26.8 Å². The Bertz CT molecular complexity index is 981. The van der Waals surface area contributed by atoms with E-state index in [0.29, 0.717) is 13.3 Å². The zero-order chi connectivity index (χ0) is 20.2. The Morgan fingerprint density at radius 1 is 1.13 bits per heavy atom. The number of benzene rings is 2. The number of hydrogen-bond acceptors (Lipinski definition) is 5. The van der Waals surface area contributed by atoms with Crippen LogP contribution in [0.2, 0.25) is 0 Å². The minimum absolute atomic E-state index is 0. The summed E-state index contributed by atoms with van der Waals surface area (Å²) in [6, 6.07) is 12.1. The lowest BCUT2D eigenvalue weighted by Crippen LogP contribution is -3.00. The maximum atomic E-state index is 13.9. The molecule has 2 aromatic rings. The van der Waals surface area contributed by atoms with Gasteiger partial charge in [0.05, 0.1) is 13.8 Å². The first-order valence-corrected chi connectivity index (χ1v) is 10.2. The van der Waals surface area contributed by atoms with Crippen LogP contribution >= 0.6 is 0 Å². The Morgan fingerprint density at radius 2 is 1.87 bits per heavy atom. The zero-order valence-corrected chi connectivity index (χ0v) is 18.4. The second-order valence-corrected chi connectivity index (χ2v) is 8.33. The molecular weight excluding hydrogens is 402 g/mol. The molecule has 30 heavy (non-hydrogen) atoms. The average molecular weight is 430 g/mol. The first kappa shape index (κ1) is 21.0. The van der Waals surface area contributed by atoms with Gasteiger partial charge in [-0.25, -0.2) is 0 Å². The molecule has 0 aliphatic carbocycles. The first-order chi connectivity index (χ1) is 14.0. The molecule has 0 unspecified atom stereocenters. The van der Waals surface area contributed by atoms with E-state index >= 15 is 0 Å². The van der Waals surface area contributed by atoms with Gasteiger partial charge in [0.25, 0.3) is 0 Å². The van der Waals surface area contributed by atoms with E-state index in [2.05, 4.69) is 35.0 Å². The molecule has 0 N–H and O–H groups in total. The summed E-state index contributed by atoms with van der Waals surface area (Å²) in [6.45, 7) is 6.97. The maximum absolute atomic E-state index is 13.9. The summed E-state index contributed by atoms with van der Waals surface area (Å²) in [5, 5.41) is 0. The van der Waals surface area contributed by atoms with Crippen molar-refractivity contribution in [2.24, 2.45) is 0 Å². The highest BCUT2D eigenvalue weighted by Crippen LogP contribution is 2.53. The Balaban J connectivity index is 0.00000136. The van der Waals surface area contributed by atoms with E-state index in [-0.39, 0.29) is 19.7 Å². The molecule has 6 nitrogen and oxygen atoms in total. The van der Waals surface area contributed by atoms with Gasteiger partial charge < -0.3 is 26.8 Å². The monoisotopic (exact) mass is 429 g/mol. The second-order valence-electron chi connectivity index (χ2n) is 8.33. The molecule has 1 fully saturated rings. The summed E-state index contributed by atoms with van der Waals surface area (Å²) in [4.78, 5) is 20.6. The van der Waals surface area contributed by atoms with E-state index in [1.165, 1.54) is 0 Å². The number of carbonyl (C=O) groups is 1. The van der Waals surface area contributed by atoms with Gasteiger partial charge in [0.2, 0.25) is 5.91 Å². The SMILES string of the molecule is COc1cc2c(cc1C)[C@]1(CO2)C(=O)N(CN2CCN(C)CC2)c2ccccc21.[Cl-].[H+]. The number of aryl methyl sites for hydroxylation is 1. The van der Waals surface area contributed by atoms with Crippen molar-refractivity contribution in [3.63, 3.8) is 0 Å². The predicted molar refractivity (Wildman–Crippen MR) is 113 cm³/mol. The molecule has 2 aromatic carbocycles. The molecule has 1 spiro atoms. The van der Waals surface area contributed by atoms with Crippen LogP contribution in [0.15, 0.2) is 36.4 Å². The molecular formula is C23H28ClN3O3. The summed E-state index contributed by atoms with van der Waals surface area (Å²) in [5.74, 6) is 1.65. The highest BCUT2D eigenvalue weighted by atomic mass is 35.5. The van der Waals surface area contributed by atoms with Crippen molar-refractivity contribution < 1.29 is 28.1 Å². The number of rotatable bonds is 3. The van der Waals surface area contributed by atoms with Gasteiger partial charge in [-0.3, -0.25) is 14.6 Å². The van der Waals surface area contributed by atoms with Crippen molar-refractivity contribution in [2.45, 2.75) is 12.3 Å². The summed E-state index contributed by atoms with van der Waals surface area (Å²) in [5.41, 5.74) is 3.24. The fraction of sp³-hybridized carbons (Fsp3) is 0.435. The van der Waals surface area contributed by atoms with Crippen molar-refractivity contribution in [1.29, 1.82) is 0 Å². The minimum Gasteiger partial charge on any atom is -1.00 e. The molecule has 3 heterocycles. The lowest BCUT2D eigenvalue weighted by Gasteiger charge is -2.35. The van der Waals surface area contributed by atoms with Crippen LogP contribution in [0.4, 0.5) is 5.69 Å². The Labute approximate surface area is 185 Å². The first-order valence-electron chi connectivity index (χ1n) is 10.2. The van der Waals surface area contributed by atoms with Crippen LogP contribution in [0.25, 0.3) is 0 Å². The highest BCUT2D eigenvalue weighted by molar-refractivity contribution is 6.11. The van der Waals surface area contributed by atoms with Gasteiger partial charge in [-0.05, 0) is 37.2 Å². The number of nitrogens with zero attached hydrogens (tertiary/aromatic N) is 3. The average Bonchev–Trinajstić information content (AvgIpc) is 3.21. The Morgan fingerprint density at radius 3 is 2.60 bits per heavy atom. The third-order valence-electron chi connectivity index (χ3n) is 6.60. The van der Waals surface area contributed by atoms with Gasteiger partial charge in [0.1, 0.15) is 23.5 Å². The summed E-state index contributed by atoms with van der Waals surface area (Å²) >= 11 is 0. The second kappa shape index (κ2) is 7.76. The predicted octanol–water partition coefficient (Wildman–Crippen LogP) is -0.650. The van der Waals surface area contributed by atoms with Gasteiger partial charge in [0.15, 0.2) is 0 Å². The van der Waals surface area contributed by atoms with E-state index in [9.17, 15) is 4.79 Å². The number of fused-ring (bicyclic) bond motifs is 4. The van der Waals surface area contributed by atoms with E-state index in [4.69, 9.17) is 9.47 Å². The van der Waals surface area contributed by atoms with Crippen LogP contribution in [-0.2, 0) is 10.2 Å². The normalized spacial score (nSPS) is 23.2. The van der Waals surface area contributed by atoms with Crippen molar-refractivity contribution in [3.8, 4) is 11.5 Å². The number of hydrogen-bond donors (Lipinski definition) is 0. The Kier molecular flexibility index (Phi) is 5.43. The minimum atomic E-state index is -0.768. The lowest BCUT2D eigenvalue weighted by atomic mass is 9.76. The number of anilines is 1. The van der Waals surface area contributed by atoms with Gasteiger partial charge in [0, 0.05) is 43.5 Å². The fourth-order valence-corrected chi connectivity index (χ4v) is 4.86. The molecule has 3 aliphatic heterocycles. The smallest absolute Gasteiger partial charge is 1.00 e. The zero-order valence-electron chi connectivity index (χ0n) is 18.7.